The summed E-state index contributed by atoms with van der Waals surface area (Å²) in [5, 5.41) is 0. The van der Waals surface area contributed by atoms with E-state index in [0.29, 0.717) is 12.0 Å². The van der Waals surface area contributed by atoms with Gasteiger partial charge in [0, 0.05) is 31.1 Å². The van der Waals surface area contributed by atoms with Crippen LogP contribution in [0.15, 0.2) is 10.9 Å². The molecule has 0 radical (unpaired) electrons. The molecule has 1 aliphatic rings. The lowest BCUT2D eigenvalue weighted by Gasteiger charge is -2.31. The Bertz CT molecular complexity index is 479. The standard InChI is InChI=1S/C14H24N4O/c1-5-18(10(2)9-17(3)4)12-8-13(19)16-14(15-12)11-6-7-11/h8,10-11H,5-7,9H2,1-4H3,(H,15,16,19). The quantitative estimate of drug-likeness (QED) is 0.844. The number of likely N-dealkylation sites (N-methyl/N-ethyl adjacent to an activating group) is 2. The maximum atomic E-state index is 11.8. The number of H-pyrrole nitrogens is 1. The average molecular weight is 264 g/mol. The van der Waals surface area contributed by atoms with Gasteiger partial charge in [0.1, 0.15) is 11.6 Å². The summed E-state index contributed by atoms with van der Waals surface area (Å²) in [5.41, 5.74) is -0.0394. The van der Waals surface area contributed by atoms with Crippen molar-refractivity contribution in [3.63, 3.8) is 0 Å². The second-order valence-electron chi connectivity index (χ2n) is 5.66. The van der Waals surface area contributed by atoms with Gasteiger partial charge >= 0.3 is 0 Å². The number of aromatic amines is 1. The predicted molar refractivity (Wildman–Crippen MR) is 77.9 cm³/mol. The van der Waals surface area contributed by atoms with E-state index in [1.165, 1.54) is 0 Å². The van der Waals surface area contributed by atoms with Crippen LogP contribution in [0.25, 0.3) is 0 Å². The second kappa shape index (κ2) is 5.74. The topological polar surface area (TPSA) is 52.2 Å². The SMILES string of the molecule is CCN(c1cc(=O)[nH]c(C2CC2)n1)C(C)CN(C)C. The maximum absolute atomic E-state index is 11.8. The highest BCUT2D eigenvalue weighted by molar-refractivity contribution is 5.39. The molecular formula is C14H24N4O. The molecule has 2 rings (SSSR count). The minimum Gasteiger partial charge on any atom is -0.353 e. The Morgan fingerprint density at radius 2 is 2.16 bits per heavy atom. The summed E-state index contributed by atoms with van der Waals surface area (Å²) in [7, 11) is 4.12. The molecule has 5 heteroatoms. The molecule has 0 saturated heterocycles. The van der Waals surface area contributed by atoms with Gasteiger partial charge < -0.3 is 14.8 Å². The van der Waals surface area contributed by atoms with E-state index in [-0.39, 0.29) is 5.56 Å². The van der Waals surface area contributed by atoms with Crippen LogP contribution in [-0.2, 0) is 0 Å². The highest BCUT2D eigenvalue weighted by Gasteiger charge is 2.27. The van der Waals surface area contributed by atoms with Crippen molar-refractivity contribution in [1.29, 1.82) is 0 Å². The predicted octanol–water partition coefficient (Wildman–Crippen LogP) is 1.42. The molecule has 1 unspecified atom stereocenters. The highest BCUT2D eigenvalue weighted by atomic mass is 16.1. The molecule has 0 spiro atoms. The van der Waals surface area contributed by atoms with E-state index in [1.54, 1.807) is 6.07 Å². The molecule has 1 saturated carbocycles. The van der Waals surface area contributed by atoms with Gasteiger partial charge in [0.05, 0.1) is 0 Å². The Hall–Kier alpha value is -1.36. The summed E-state index contributed by atoms with van der Waals surface area (Å²) >= 11 is 0. The van der Waals surface area contributed by atoms with Crippen molar-refractivity contribution >= 4 is 5.82 Å². The van der Waals surface area contributed by atoms with Crippen LogP contribution >= 0.6 is 0 Å². The summed E-state index contributed by atoms with van der Waals surface area (Å²) in [4.78, 5) is 23.6. The van der Waals surface area contributed by atoms with Gasteiger partial charge in [-0.2, -0.15) is 0 Å². The lowest BCUT2D eigenvalue weighted by atomic mass is 10.2. The Morgan fingerprint density at radius 1 is 1.47 bits per heavy atom. The zero-order valence-corrected chi connectivity index (χ0v) is 12.3. The van der Waals surface area contributed by atoms with Gasteiger partial charge in [-0.05, 0) is 40.8 Å². The molecule has 0 amide bonds. The van der Waals surface area contributed by atoms with E-state index in [0.717, 1.165) is 37.6 Å². The second-order valence-corrected chi connectivity index (χ2v) is 5.66. The molecule has 1 aliphatic carbocycles. The summed E-state index contributed by atoms with van der Waals surface area (Å²) in [6.45, 7) is 6.08. The van der Waals surface area contributed by atoms with Gasteiger partial charge in [-0.3, -0.25) is 4.79 Å². The van der Waals surface area contributed by atoms with Crippen LogP contribution in [0.3, 0.4) is 0 Å². The molecule has 19 heavy (non-hydrogen) atoms. The number of nitrogens with zero attached hydrogens (tertiary/aromatic N) is 3. The van der Waals surface area contributed by atoms with Crippen molar-refractivity contribution in [3.05, 3.63) is 22.2 Å². The zero-order chi connectivity index (χ0) is 14.0. The van der Waals surface area contributed by atoms with E-state index in [4.69, 9.17) is 0 Å². The zero-order valence-electron chi connectivity index (χ0n) is 12.3. The number of nitrogens with one attached hydrogen (secondary N) is 1. The summed E-state index contributed by atoms with van der Waals surface area (Å²) in [6.07, 6.45) is 2.29. The van der Waals surface area contributed by atoms with Gasteiger partial charge in [-0.1, -0.05) is 0 Å². The van der Waals surface area contributed by atoms with E-state index >= 15 is 0 Å². The van der Waals surface area contributed by atoms with Gasteiger partial charge in [-0.15, -0.1) is 0 Å². The summed E-state index contributed by atoms with van der Waals surface area (Å²) < 4.78 is 0. The van der Waals surface area contributed by atoms with Crippen LogP contribution in [-0.4, -0.2) is 48.1 Å². The first-order valence-electron chi connectivity index (χ1n) is 7.04. The minimum atomic E-state index is -0.0394. The largest absolute Gasteiger partial charge is 0.353 e. The number of hydrogen-bond donors (Lipinski definition) is 1. The first-order valence-corrected chi connectivity index (χ1v) is 7.04. The van der Waals surface area contributed by atoms with Crippen molar-refractivity contribution < 1.29 is 0 Å². The third kappa shape index (κ3) is 3.56. The van der Waals surface area contributed by atoms with Gasteiger partial charge in [0.2, 0.25) is 0 Å². The molecular weight excluding hydrogens is 240 g/mol. The normalized spacial score (nSPS) is 16.7. The van der Waals surface area contributed by atoms with Crippen molar-refractivity contribution in [3.8, 4) is 0 Å². The molecule has 0 aliphatic heterocycles. The lowest BCUT2D eigenvalue weighted by Crippen LogP contribution is -2.41. The molecule has 1 N–H and O–H groups in total. The summed E-state index contributed by atoms with van der Waals surface area (Å²) in [5.74, 6) is 2.14. The van der Waals surface area contributed by atoms with Crippen LogP contribution in [0.4, 0.5) is 5.82 Å². The maximum Gasteiger partial charge on any atom is 0.252 e. The number of anilines is 1. The number of hydrogen-bond acceptors (Lipinski definition) is 4. The van der Waals surface area contributed by atoms with Crippen molar-refractivity contribution in [2.75, 3.05) is 32.1 Å². The molecule has 1 fully saturated rings. The fourth-order valence-corrected chi connectivity index (χ4v) is 2.49. The van der Waals surface area contributed by atoms with Crippen molar-refractivity contribution in [2.24, 2.45) is 0 Å². The van der Waals surface area contributed by atoms with Crippen LogP contribution in [0.5, 0.6) is 0 Å². The van der Waals surface area contributed by atoms with E-state index < -0.39 is 0 Å². The van der Waals surface area contributed by atoms with Crippen LogP contribution < -0.4 is 10.5 Å². The Labute approximate surface area is 114 Å². The fourth-order valence-electron chi connectivity index (χ4n) is 2.49. The van der Waals surface area contributed by atoms with Crippen LogP contribution in [0, 0.1) is 0 Å². The fraction of sp³-hybridized carbons (Fsp3) is 0.714. The Balaban J connectivity index is 2.24. The molecule has 0 aromatic carbocycles. The van der Waals surface area contributed by atoms with Crippen molar-refractivity contribution in [2.45, 2.75) is 38.6 Å². The minimum absolute atomic E-state index is 0.0394. The van der Waals surface area contributed by atoms with Gasteiger partial charge in [0.25, 0.3) is 5.56 Å². The molecule has 1 heterocycles. The summed E-state index contributed by atoms with van der Waals surface area (Å²) in [6, 6.07) is 1.95. The third-order valence-corrected chi connectivity index (χ3v) is 3.51. The highest BCUT2D eigenvalue weighted by Crippen LogP contribution is 2.37. The third-order valence-electron chi connectivity index (χ3n) is 3.51. The smallest absolute Gasteiger partial charge is 0.252 e. The average Bonchev–Trinajstić information content (AvgIpc) is 3.11. The molecule has 1 atom stereocenters. The van der Waals surface area contributed by atoms with Gasteiger partial charge in [-0.25, -0.2) is 4.98 Å². The monoisotopic (exact) mass is 264 g/mol. The van der Waals surface area contributed by atoms with Crippen molar-refractivity contribution in [1.82, 2.24) is 14.9 Å². The molecule has 5 nitrogen and oxygen atoms in total. The van der Waals surface area contributed by atoms with Gasteiger partial charge in [0.15, 0.2) is 0 Å². The number of rotatable bonds is 6. The molecule has 106 valence electrons. The first-order chi connectivity index (χ1) is 9.01. The first kappa shape index (κ1) is 14.1. The van der Waals surface area contributed by atoms with E-state index in [9.17, 15) is 4.79 Å². The molecule has 1 aromatic heterocycles. The number of aromatic nitrogens is 2. The molecule has 0 bridgehead atoms. The molecule has 1 aromatic rings. The Kier molecular flexibility index (Phi) is 4.24. The Morgan fingerprint density at radius 3 is 2.68 bits per heavy atom. The van der Waals surface area contributed by atoms with E-state index in [2.05, 4.69) is 47.7 Å². The van der Waals surface area contributed by atoms with E-state index in [1.807, 2.05) is 0 Å². The van der Waals surface area contributed by atoms with Crippen LogP contribution in [0.2, 0.25) is 0 Å². The lowest BCUT2D eigenvalue weighted by molar-refractivity contribution is 0.372. The van der Waals surface area contributed by atoms with Crippen LogP contribution in [0.1, 0.15) is 38.4 Å².